The molecule has 1 aromatic heterocycles. The van der Waals surface area contributed by atoms with Crippen LogP contribution in [0.1, 0.15) is 21.5 Å². The van der Waals surface area contributed by atoms with Crippen LogP contribution in [-0.2, 0) is 4.79 Å². The lowest BCUT2D eigenvalue weighted by atomic mass is 10.0. The minimum Gasteiger partial charge on any atom is -0.325 e. The Kier molecular flexibility index (Phi) is 6.24. The number of nitrogens with zero attached hydrogens (tertiary/aromatic N) is 3. The summed E-state index contributed by atoms with van der Waals surface area (Å²) in [5.74, 6) is -0.105. The first-order valence-corrected chi connectivity index (χ1v) is 10.7. The highest BCUT2D eigenvalue weighted by atomic mass is 32.2. The van der Waals surface area contributed by atoms with Crippen molar-refractivity contribution in [2.45, 2.75) is 12.1 Å². The molecule has 154 valence electrons. The van der Waals surface area contributed by atoms with Gasteiger partial charge < -0.3 is 5.32 Å². The number of ketones is 1. The van der Waals surface area contributed by atoms with Crippen molar-refractivity contribution in [2.24, 2.45) is 0 Å². The molecule has 0 unspecified atom stereocenters. The molecular weight excluding hydrogens is 408 g/mol. The van der Waals surface area contributed by atoms with Crippen molar-refractivity contribution in [2.75, 3.05) is 11.1 Å². The van der Waals surface area contributed by atoms with Gasteiger partial charge in [-0.1, -0.05) is 71.9 Å². The number of thioether (sulfide) groups is 1. The zero-order valence-corrected chi connectivity index (χ0v) is 17.7. The van der Waals surface area contributed by atoms with E-state index in [4.69, 9.17) is 0 Å². The van der Waals surface area contributed by atoms with Crippen LogP contribution < -0.4 is 5.32 Å². The molecule has 0 radical (unpaired) electrons. The molecule has 4 aromatic rings. The molecule has 31 heavy (non-hydrogen) atoms. The largest absolute Gasteiger partial charge is 0.325 e. The van der Waals surface area contributed by atoms with Crippen LogP contribution in [0.15, 0.2) is 90.3 Å². The number of anilines is 1. The number of aryl methyl sites for hydroxylation is 1. The summed E-state index contributed by atoms with van der Waals surface area (Å²) >= 11 is 1.30. The Balaban J connectivity index is 1.40. The summed E-state index contributed by atoms with van der Waals surface area (Å²) < 4.78 is 1.84. The van der Waals surface area contributed by atoms with Crippen LogP contribution in [-0.4, -0.2) is 32.2 Å². The molecule has 6 nitrogen and oxygen atoms in total. The molecule has 4 rings (SSSR count). The SMILES string of the molecule is Cc1ccc(-n2cnnc2SCC(=O)Nc2cccc(C(=O)c3ccccc3)c2)cc1. The summed E-state index contributed by atoms with van der Waals surface area (Å²) in [6.07, 6.45) is 1.63. The smallest absolute Gasteiger partial charge is 0.234 e. The summed E-state index contributed by atoms with van der Waals surface area (Å²) in [7, 11) is 0. The molecular formula is C24H20N4O2S. The molecule has 0 fully saturated rings. The van der Waals surface area contributed by atoms with E-state index in [1.54, 1.807) is 42.7 Å². The molecule has 0 spiro atoms. The van der Waals surface area contributed by atoms with Crippen LogP contribution in [0.25, 0.3) is 5.69 Å². The summed E-state index contributed by atoms with van der Waals surface area (Å²) in [5.41, 5.74) is 3.81. The van der Waals surface area contributed by atoms with Crippen LogP contribution in [0.2, 0.25) is 0 Å². The third-order valence-corrected chi connectivity index (χ3v) is 5.55. The number of hydrogen-bond acceptors (Lipinski definition) is 5. The lowest BCUT2D eigenvalue weighted by Crippen LogP contribution is -2.15. The third-order valence-electron chi connectivity index (χ3n) is 4.61. The Bertz CT molecular complexity index is 1200. The second-order valence-corrected chi connectivity index (χ2v) is 7.87. The molecule has 0 aliphatic carbocycles. The predicted molar refractivity (Wildman–Crippen MR) is 122 cm³/mol. The lowest BCUT2D eigenvalue weighted by Gasteiger charge is -2.08. The fraction of sp³-hybridized carbons (Fsp3) is 0.0833. The van der Waals surface area contributed by atoms with E-state index in [0.717, 1.165) is 5.69 Å². The number of aromatic nitrogens is 3. The fourth-order valence-electron chi connectivity index (χ4n) is 3.03. The van der Waals surface area contributed by atoms with E-state index >= 15 is 0 Å². The highest BCUT2D eigenvalue weighted by Crippen LogP contribution is 2.21. The van der Waals surface area contributed by atoms with Crippen LogP contribution in [0.3, 0.4) is 0 Å². The quantitative estimate of drug-likeness (QED) is 0.345. The van der Waals surface area contributed by atoms with Gasteiger partial charge in [0.25, 0.3) is 0 Å². The Hall–Kier alpha value is -3.71. The molecule has 7 heteroatoms. The van der Waals surface area contributed by atoms with Crippen LogP contribution in [0.5, 0.6) is 0 Å². The first-order valence-electron chi connectivity index (χ1n) is 9.70. The van der Waals surface area contributed by atoms with Crippen molar-refractivity contribution in [1.82, 2.24) is 14.8 Å². The van der Waals surface area contributed by atoms with Crippen LogP contribution in [0, 0.1) is 6.92 Å². The van der Waals surface area contributed by atoms with Gasteiger partial charge >= 0.3 is 0 Å². The second-order valence-electron chi connectivity index (χ2n) is 6.93. The van der Waals surface area contributed by atoms with Gasteiger partial charge in [0.1, 0.15) is 6.33 Å². The molecule has 0 saturated heterocycles. The van der Waals surface area contributed by atoms with E-state index in [2.05, 4.69) is 15.5 Å². The maximum Gasteiger partial charge on any atom is 0.234 e. The van der Waals surface area contributed by atoms with Crippen molar-refractivity contribution in [3.8, 4) is 5.69 Å². The van der Waals surface area contributed by atoms with Crippen LogP contribution in [0.4, 0.5) is 5.69 Å². The van der Waals surface area contributed by atoms with Gasteiger partial charge in [-0.05, 0) is 31.2 Å². The average Bonchev–Trinajstić information content (AvgIpc) is 3.27. The number of benzene rings is 3. The molecule has 0 aliphatic rings. The number of amides is 1. The molecule has 0 aliphatic heterocycles. The van der Waals surface area contributed by atoms with E-state index in [1.807, 2.05) is 54.0 Å². The minimum absolute atomic E-state index is 0.0859. The van der Waals surface area contributed by atoms with E-state index in [0.29, 0.717) is 22.0 Å². The summed E-state index contributed by atoms with van der Waals surface area (Å²) in [6.45, 7) is 2.03. The first kappa shape index (κ1) is 20.6. The first-order chi connectivity index (χ1) is 15.1. The van der Waals surface area contributed by atoms with Gasteiger partial charge in [-0.15, -0.1) is 10.2 Å². The van der Waals surface area contributed by atoms with E-state index in [-0.39, 0.29) is 17.4 Å². The van der Waals surface area contributed by atoms with Gasteiger partial charge in [0, 0.05) is 22.5 Å². The number of carbonyl (C=O) groups is 2. The topological polar surface area (TPSA) is 76.9 Å². The predicted octanol–water partition coefficient (Wildman–Crippen LogP) is 4.54. The zero-order valence-electron chi connectivity index (χ0n) is 16.9. The Morgan fingerprint density at radius 3 is 2.45 bits per heavy atom. The normalized spacial score (nSPS) is 10.6. The number of nitrogens with one attached hydrogen (secondary N) is 1. The van der Waals surface area contributed by atoms with Gasteiger partial charge in [-0.3, -0.25) is 14.2 Å². The number of rotatable bonds is 7. The van der Waals surface area contributed by atoms with Crippen molar-refractivity contribution in [3.63, 3.8) is 0 Å². The molecule has 0 atom stereocenters. The molecule has 0 bridgehead atoms. The fourth-order valence-corrected chi connectivity index (χ4v) is 3.76. The summed E-state index contributed by atoms with van der Waals surface area (Å²) in [5, 5.41) is 11.6. The van der Waals surface area contributed by atoms with Gasteiger partial charge in [-0.2, -0.15) is 0 Å². The molecule has 0 saturated carbocycles. The summed E-state index contributed by atoms with van der Waals surface area (Å²) in [4.78, 5) is 25.1. The lowest BCUT2D eigenvalue weighted by molar-refractivity contribution is -0.113. The highest BCUT2D eigenvalue weighted by Gasteiger charge is 2.12. The maximum atomic E-state index is 12.6. The monoisotopic (exact) mass is 428 g/mol. The minimum atomic E-state index is -0.187. The van der Waals surface area contributed by atoms with Gasteiger partial charge in [0.05, 0.1) is 5.75 Å². The molecule has 1 amide bonds. The number of hydrogen-bond donors (Lipinski definition) is 1. The Morgan fingerprint density at radius 2 is 1.68 bits per heavy atom. The van der Waals surface area contributed by atoms with Gasteiger partial charge in [-0.25, -0.2) is 0 Å². The Labute approximate surface area is 184 Å². The standard InChI is InChI=1S/C24H20N4O2S/c1-17-10-12-21(13-11-17)28-16-25-27-24(28)31-15-22(29)26-20-9-5-8-19(14-20)23(30)18-6-3-2-4-7-18/h2-14,16H,15H2,1H3,(H,26,29). The molecule has 3 aromatic carbocycles. The number of carbonyl (C=O) groups excluding carboxylic acids is 2. The van der Waals surface area contributed by atoms with Crippen molar-refractivity contribution >= 4 is 29.1 Å². The third kappa shape index (κ3) is 5.07. The summed E-state index contributed by atoms with van der Waals surface area (Å²) in [6, 6.07) is 24.0. The molecule has 1 heterocycles. The van der Waals surface area contributed by atoms with Crippen molar-refractivity contribution in [3.05, 3.63) is 102 Å². The van der Waals surface area contributed by atoms with Gasteiger partial charge in [0.2, 0.25) is 5.91 Å². The second kappa shape index (κ2) is 9.40. The average molecular weight is 429 g/mol. The zero-order chi connectivity index (χ0) is 21.6. The Morgan fingerprint density at radius 1 is 0.935 bits per heavy atom. The maximum absolute atomic E-state index is 12.6. The van der Waals surface area contributed by atoms with Crippen molar-refractivity contribution in [1.29, 1.82) is 0 Å². The van der Waals surface area contributed by atoms with E-state index in [9.17, 15) is 9.59 Å². The highest BCUT2D eigenvalue weighted by molar-refractivity contribution is 7.99. The molecule has 1 N–H and O–H groups in total. The van der Waals surface area contributed by atoms with Gasteiger partial charge in [0.15, 0.2) is 10.9 Å². The van der Waals surface area contributed by atoms with Crippen LogP contribution >= 0.6 is 11.8 Å². The van der Waals surface area contributed by atoms with E-state index in [1.165, 1.54) is 17.3 Å². The van der Waals surface area contributed by atoms with E-state index < -0.39 is 0 Å². The van der Waals surface area contributed by atoms with Crippen molar-refractivity contribution < 1.29 is 9.59 Å².